The Balaban J connectivity index is 1.92. The lowest BCUT2D eigenvalue weighted by Crippen LogP contribution is -2.28. The van der Waals surface area contributed by atoms with E-state index in [4.69, 9.17) is 5.73 Å². The average Bonchev–Trinajstić information content (AvgIpc) is 2.86. The van der Waals surface area contributed by atoms with Crippen LogP contribution >= 0.6 is 0 Å². The van der Waals surface area contributed by atoms with Gasteiger partial charge in [-0.3, -0.25) is 9.13 Å². The van der Waals surface area contributed by atoms with Crippen LogP contribution in [0.3, 0.4) is 0 Å². The van der Waals surface area contributed by atoms with Crippen molar-refractivity contribution >= 4 is 0 Å². The van der Waals surface area contributed by atoms with E-state index < -0.39 is 0 Å². The first-order chi connectivity index (χ1) is 8.22. The van der Waals surface area contributed by atoms with Crippen LogP contribution in [-0.4, -0.2) is 15.2 Å². The molecule has 0 aliphatic heterocycles. The molecule has 2 N–H and O–H groups in total. The molecule has 17 heavy (non-hydrogen) atoms. The molecule has 0 aromatic carbocycles. The molecule has 96 valence electrons. The molecular weight excluding hydrogens is 214 g/mol. The Bertz CT molecular complexity index is 407. The summed E-state index contributed by atoms with van der Waals surface area (Å²) in [7, 11) is 0. The Hall–Kier alpha value is -1.03. The van der Waals surface area contributed by atoms with Gasteiger partial charge in [0.15, 0.2) is 0 Å². The second kappa shape index (κ2) is 5.54. The minimum absolute atomic E-state index is 0.124. The summed E-state index contributed by atoms with van der Waals surface area (Å²) in [6.07, 6.45) is 9.45. The van der Waals surface area contributed by atoms with Gasteiger partial charge in [-0.2, -0.15) is 0 Å². The molecule has 1 aromatic heterocycles. The number of aromatic nitrogens is 2. The van der Waals surface area contributed by atoms with Crippen LogP contribution in [0.15, 0.2) is 17.2 Å². The molecule has 1 aromatic rings. The maximum absolute atomic E-state index is 11.9. The van der Waals surface area contributed by atoms with Crippen molar-refractivity contribution in [2.24, 2.45) is 11.7 Å². The summed E-state index contributed by atoms with van der Waals surface area (Å²) < 4.78 is 3.61. The Morgan fingerprint density at radius 2 is 2.00 bits per heavy atom. The molecule has 1 saturated carbocycles. The van der Waals surface area contributed by atoms with E-state index in [9.17, 15) is 4.79 Å². The van der Waals surface area contributed by atoms with Gasteiger partial charge in [-0.25, -0.2) is 4.79 Å². The van der Waals surface area contributed by atoms with Gasteiger partial charge in [-0.05, 0) is 31.6 Å². The molecule has 1 heterocycles. The summed E-state index contributed by atoms with van der Waals surface area (Å²) in [5.74, 6) is 0.608. The van der Waals surface area contributed by atoms with E-state index in [1.807, 2.05) is 17.0 Å². The van der Waals surface area contributed by atoms with Crippen molar-refractivity contribution in [3.05, 3.63) is 22.9 Å². The zero-order valence-electron chi connectivity index (χ0n) is 10.6. The van der Waals surface area contributed by atoms with E-state index in [1.54, 1.807) is 4.57 Å². The fourth-order valence-corrected chi connectivity index (χ4v) is 2.76. The lowest BCUT2D eigenvalue weighted by atomic mass is 10.0. The van der Waals surface area contributed by atoms with E-state index in [2.05, 4.69) is 6.92 Å². The molecule has 0 saturated heterocycles. The average molecular weight is 237 g/mol. The van der Waals surface area contributed by atoms with E-state index in [0.717, 1.165) is 32.4 Å². The van der Waals surface area contributed by atoms with Crippen molar-refractivity contribution in [1.29, 1.82) is 0 Å². The van der Waals surface area contributed by atoms with Crippen LogP contribution in [-0.2, 0) is 13.1 Å². The van der Waals surface area contributed by atoms with Crippen LogP contribution in [0, 0.1) is 5.92 Å². The van der Waals surface area contributed by atoms with Gasteiger partial charge in [-0.15, -0.1) is 0 Å². The Kier molecular flexibility index (Phi) is 4.05. The SMILES string of the molecule is CCCn1ccn(CCC2CCCC2N)c1=O. The smallest absolute Gasteiger partial charge is 0.327 e. The fourth-order valence-electron chi connectivity index (χ4n) is 2.76. The predicted molar refractivity (Wildman–Crippen MR) is 68.9 cm³/mol. The number of aryl methyl sites for hydroxylation is 2. The van der Waals surface area contributed by atoms with Crippen LogP contribution < -0.4 is 11.4 Å². The minimum atomic E-state index is 0.124. The van der Waals surface area contributed by atoms with Crippen molar-refractivity contribution in [2.45, 2.75) is 58.2 Å². The summed E-state index contributed by atoms with van der Waals surface area (Å²) in [6, 6.07) is 0.350. The van der Waals surface area contributed by atoms with Crippen LogP contribution in [0.2, 0.25) is 0 Å². The molecule has 2 unspecified atom stereocenters. The molecule has 0 amide bonds. The van der Waals surface area contributed by atoms with Crippen molar-refractivity contribution in [3.63, 3.8) is 0 Å². The quantitative estimate of drug-likeness (QED) is 0.845. The highest BCUT2D eigenvalue weighted by atomic mass is 16.1. The predicted octanol–water partition coefficient (Wildman–Crippen LogP) is 1.58. The number of imidazole rings is 1. The van der Waals surface area contributed by atoms with Gasteiger partial charge in [0.25, 0.3) is 0 Å². The molecular formula is C13H23N3O. The third-order valence-electron chi connectivity index (χ3n) is 3.84. The first kappa shape index (κ1) is 12.4. The second-order valence-electron chi connectivity index (χ2n) is 5.11. The van der Waals surface area contributed by atoms with E-state index >= 15 is 0 Å². The van der Waals surface area contributed by atoms with Crippen molar-refractivity contribution in [1.82, 2.24) is 9.13 Å². The van der Waals surface area contributed by atoms with E-state index in [0.29, 0.717) is 12.0 Å². The Morgan fingerprint density at radius 1 is 1.29 bits per heavy atom. The third-order valence-corrected chi connectivity index (χ3v) is 3.84. The van der Waals surface area contributed by atoms with Gasteiger partial charge in [0.1, 0.15) is 0 Å². The first-order valence-electron chi connectivity index (χ1n) is 6.73. The van der Waals surface area contributed by atoms with Gasteiger partial charge in [0.2, 0.25) is 0 Å². The van der Waals surface area contributed by atoms with Crippen molar-refractivity contribution < 1.29 is 0 Å². The van der Waals surface area contributed by atoms with Gasteiger partial charge in [0.05, 0.1) is 0 Å². The molecule has 0 spiro atoms. The normalized spacial score (nSPS) is 24.4. The summed E-state index contributed by atoms with van der Waals surface area (Å²) >= 11 is 0. The minimum Gasteiger partial charge on any atom is -0.327 e. The summed E-state index contributed by atoms with van der Waals surface area (Å²) in [6.45, 7) is 3.71. The molecule has 1 aliphatic rings. The van der Waals surface area contributed by atoms with Gasteiger partial charge < -0.3 is 5.73 Å². The monoisotopic (exact) mass is 237 g/mol. The second-order valence-corrected chi connectivity index (χ2v) is 5.11. The molecule has 1 fully saturated rings. The number of rotatable bonds is 5. The van der Waals surface area contributed by atoms with Crippen LogP contribution in [0.5, 0.6) is 0 Å². The fraction of sp³-hybridized carbons (Fsp3) is 0.769. The lowest BCUT2D eigenvalue weighted by Gasteiger charge is -2.14. The first-order valence-corrected chi connectivity index (χ1v) is 6.73. The molecule has 2 atom stereocenters. The molecule has 0 bridgehead atoms. The third kappa shape index (κ3) is 2.80. The molecule has 4 nitrogen and oxygen atoms in total. The van der Waals surface area contributed by atoms with Crippen molar-refractivity contribution in [3.8, 4) is 0 Å². The Morgan fingerprint density at radius 3 is 2.59 bits per heavy atom. The maximum Gasteiger partial charge on any atom is 0.328 e. The van der Waals surface area contributed by atoms with E-state index in [-0.39, 0.29) is 5.69 Å². The molecule has 0 radical (unpaired) electrons. The molecule has 1 aliphatic carbocycles. The number of nitrogens with two attached hydrogens (primary N) is 1. The summed E-state index contributed by atoms with van der Waals surface area (Å²) in [5, 5.41) is 0. The highest BCUT2D eigenvalue weighted by Crippen LogP contribution is 2.26. The molecule has 2 rings (SSSR count). The van der Waals surface area contributed by atoms with Crippen LogP contribution in [0.4, 0.5) is 0 Å². The van der Waals surface area contributed by atoms with Gasteiger partial charge in [-0.1, -0.05) is 13.3 Å². The van der Waals surface area contributed by atoms with Gasteiger partial charge >= 0.3 is 5.69 Å². The topological polar surface area (TPSA) is 52.9 Å². The van der Waals surface area contributed by atoms with Crippen molar-refractivity contribution in [2.75, 3.05) is 0 Å². The number of hydrogen-bond acceptors (Lipinski definition) is 2. The van der Waals surface area contributed by atoms with Gasteiger partial charge in [0, 0.05) is 31.5 Å². The zero-order valence-corrected chi connectivity index (χ0v) is 10.6. The lowest BCUT2D eigenvalue weighted by molar-refractivity contribution is 0.410. The maximum atomic E-state index is 11.9. The number of nitrogens with zero attached hydrogens (tertiary/aromatic N) is 2. The highest BCUT2D eigenvalue weighted by molar-refractivity contribution is 4.84. The summed E-state index contributed by atoms with van der Waals surface area (Å²) in [5.41, 5.74) is 6.17. The zero-order chi connectivity index (χ0) is 12.3. The van der Waals surface area contributed by atoms with E-state index in [1.165, 1.54) is 12.8 Å². The number of hydrogen-bond donors (Lipinski definition) is 1. The summed E-state index contributed by atoms with van der Waals surface area (Å²) in [4.78, 5) is 11.9. The van der Waals surface area contributed by atoms with Crippen LogP contribution in [0.1, 0.15) is 39.0 Å². The molecule has 4 heteroatoms. The highest BCUT2D eigenvalue weighted by Gasteiger charge is 2.23. The largest absolute Gasteiger partial charge is 0.328 e. The Labute approximate surface area is 102 Å². The standard InChI is InChI=1S/C13H23N3O/c1-2-7-15-9-10-16(13(15)17)8-6-11-4-3-5-12(11)14/h9-12H,2-8,14H2,1H3. The van der Waals surface area contributed by atoms with Crippen LogP contribution in [0.25, 0.3) is 0 Å².